The number of hydrogen-bond acceptors (Lipinski definition) is 2. The summed E-state index contributed by atoms with van der Waals surface area (Å²) in [5, 5.41) is 0. The van der Waals surface area contributed by atoms with E-state index in [0.717, 1.165) is 0 Å². The van der Waals surface area contributed by atoms with E-state index in [0.29, 0.717) is 0 Å². The lowest BCUT2D eigenvalue weighted by Crippen LogP contribution is -2.45. The van der Waals surface area contributed by atoms with Gasteiger partial charge in [-0.1, -0.05) is 0 Å². The van der Waals surface area contributed by atoms with Crippen LogP contribution in [0.1, 0.15) is 0 Å². The number of alkyl halides is 6. The SMILES string of the molecule is C[N+](C)(CCOC(F)(F)F)CCOC(F)(F)F. The van der Waals surface area contributed by atoms with Crippen molar-refractivity contribution in [3.63, 3.8) is 0 Å². The largest absolute Gasteiger partial charge is 0.522 e. The highest BCUT2D eigenvalue weighted by molar-refractivity contribution is 4.38. The molecule has 0 saturated carbocycles. The van der Waals surface area contributed by atoms with E-state index in [1.54, 1.807) is 0 Å². The van der Waals surface area contributed by atoms with Crippen LogP contribution in [-0.4, -0.2) is 57.6 Å². The fraction of sp³-hybridized carbons (Fsp3) is 1.00. The van der Waals surface area contributed by atoms with Gasteiger partial charge < -0.3 is 4.48 Å². The van der Waals surface area contributed by atoms with Gasteiger partial charge in [0.2, 0.25) is 0 Å². The van der Waals surface area contributed by atoms with Gasteiger partial charge in [0.1, 0.15) is 26.3 Å². The molecular formula is C8H14F6NO2+. The van der Waals surface area contributed by atoms with Crippen molar-refractivity contribution in [2.45, 2.75) is 12.7 Å². The molecule has 0 aliphatic rings. The highest BCUT2D eigenvalue weighted by atomic mass is 19.4. The van der Waals surface area contributed by atoms with E-state index in [1.165, 1.54) is 14.1 Å². The quantitative estimate of drug-likeness (QED) is 0.544. The summed E-state index contributed by atoms with van der Waals surface area (Å²) in [5.74, 6) is 0. The molecule has 3 nitrogen and oxygen atoms in total. The van der Waals surface area contributed by atoms with Gasteiger partial charge in [0.15, 0.2) is 0 Å². The second kappa shape index (κ2) is 5.87. The van der Waals surface area contributed by atoms with Crippen LogP contribution >= 0.6 is 0 Å². The maximum atomic E-state index is 11.6. The third kappa shape index (κ3) is 11.7. The maximum Gasteiger partial charge on any atom is 0.522 e. The zero-order valence-corrected chi connectivity index (χ0v) is 9.36. The fourth-order valence-corrected chi connectivity index (χ4v) is 0.929. The summed E-state index contributed by atoms with van der Waals surface area (Å²) >= 11 is 0. The van der Waals surface area contributed by atoms with Crippen molar-refractivity contribution in [1.82, 2.24) is 0 Å². The second-order valence-electron chi connectivity index (χ2n) is 3.97. The van der Waals surface area contributed by atoms with Crippen molar-refractivity contribution in [1.29, 1.82) is 0 Å². The third-order valence-corrected chi connectivity index (χ3v) is 1.92. The molecule has 9 heteroatoms. The molecule has 0 atom stereocenters. The molecule has 0 spiro atoms. The Kier molecular flexibility index (Phi) is 5.69. The van der Waals surface area contributed by atoms with Gasteiger partial charge in [-0.25, -0.2) is 0 Å². The molecule has 0 aromatic carbocycles. The van der Waals surface area contributed by atoms with Gasteiger partial charge >= 0.3 is 12.7 Å². The summed E-state index contributed by atoms with van der Waals surface area (Å²) in [5.41, 5.74) is 0. The Hall–Kier alpha value is -0.540. The summed E-state index contributed by atoms with van der Waals surface area (Å²) in [4.78, 5) is 0. The molecule has 17 heavy (non-hydrogen) atoms. The Morgan fingerprint density at radius 1 is 0.765 bits per heavy atom. The summed E-state index contributed by atoms with van der Waals surface area (Å²) in [6.45, 7) is -1.35. The van der Waals surface area contributed by atoms with Crippen molar-refractivity contribution in [2.24, 2.45) is 0 Å². The normalized spacial score (nSPS) is 14.1. The van der Waals surface area contributed by atoms with Crippen molar-refractivity contribution in [3.8, 4) is 0 Å². The van der Waals surface area contributed by atoms with E-state index in [-0.39, 0.29) is 17.6 Å². The fourth-order valence-electron chi connectivity index (χ4n) is 0.929. The topological polar surface area (TPSA) is 18.5 Å². The first-order chi connectivity index (χ1) is 7.41. The molecule has 104 valence electrons. The molecule has 0 saturated heterocycles. The number of halogens is 6. The number of likely N-dealkylation sites (N-methyl/N-ethyl adjacent to an activating group) is 1. The van der Waals surface area contributed by atoms with E-state index in [4.69, 9.17) is 0 Å². The lowest BCUT2D eigenvalue weighted by Gasteiger charge is -2.29. The van der Waals surface area contributed by atoms with Gasteiger partial charge in [-0.05, 0) is 0 Å². The Labute approximate surface area is 94.5 Å². The Morgan fingerprint density at radius 3 is 1.29 bits per heavy atom. The van der Waals surface area contributed by atoms with Crippen molar-refractivity contribution in [3.05, 3.63) is 0 Å². The summed E-state index contributed by atoms with van der Waals surface area (Å²) in [6, 6.07) is 0. The predicted octanol–water partition coefficient (Wildman–Crippen LogP) is 2.14. The average molecular weight is 270 g/mol. The van der Waals surface area contributed by atoms with Gasteiger partial charge in [-0.15, -0.1) is 26.3 Å². The highest BCUT2D eigenvalue weighted by Crippen LogP contribution is 2.17. The van der Waals surface area contributed by atoms with Gasteiger partial charge in [-0.2, -0.15) is 0 Å². The Balaban J connectivity index is 3.81. The van der Waals surface area contributed by atoms with Gasteiger partial charge in [-0.3, -0.25) is 9.47 Å². The number of nitrogens with zero attached hydrogens (tertiary/aromatic N) is 1. The van der Waals surface area contributed by atoms with Crippen LogP contribution in [0.25, 0.3) is 0 Å². The molecule has 0 rings (SSSR count). The summed E-state index contributed by atoms with van der Waals surface area (Å²) in [7, 11) is 2.97. The van der Waals surface area contributed by atoms with Crippen LogP contribution in [0.5, 0.6) is 0 Å². The van der Waals surface area contributed by atoms with Crippen LogP contribution in [0.15, 0.2) is 0 Å². The highest BCUT2D eigenvalue weighted by Gasteiger charge is 2.32. The number of rotatable bonds is 6. The zero-order valence-electron chi connectivity index (χ0n) is 9.36. The van der Waals surface area contributed by atoms with E-state index >= 15 is 0 Å². The van der Waals surface area contributed by atoms with E-state index in [2.05, 4.69) is 9.47 Å². The summed E-state index contributed by atoms with van der Waals surface area (Å²) in [6.07, 6.45) is -9.44. The van der Waals surface area contributed by atoms with Gasteiger partial charge in [0.25, 0.3) is 0 Å². The molecule has 0 unspecified atom stereocenters. The first kappa shape index (κ1) is 16.5. The first-order valence-electron chi connectivity index (χ1n) is 4.65. The molecular weight excluding hydrogens is 256 g/mol. The van der Waals surface area contributed by atoms with Gasteiger partial charge in [0, 0.05) is 0 Å². The summed E-state index contributed by atoms with van der Waals surface area (Å²) < 4.78 is 76.8. The first-order valence-corrected chi connectivity index (χ1v) is 4.65. The molecule has 0 aromatic rings. The zero-order chi connectivity index (χ0) is 13.7. The van der Waals surface area contributed by atoms with Crippen LogP contribution in [-0.2, 0) is 9.47 Å². The van der Waals surface area contributed by atoms with Crippen LogP contribution in [0.4, 0.5) is 26.3 Å². The average Bonchev–Trinajstić information content (AvgIpc) is 1.96. The van der Waals surface area contributed by atoms with E-state index in [1.807, 2.05) is 0 Å². The molecule has 0 aromatic heterocycles. The molecule has 0 bridgehead atoms. The molecule has 0 aliphatic heterocycles. The standard InChI is InChI=1S/C8H14F6NO2/c1-15(2,3-5-16-7(9,10)11)4-6-17-8(12,13)14/h3-6H2,1-2H3/q+1. The van der Waals surface area contributed by atoms with Gasteiger partial charge in [0.05, 0.1) is 14.1 Å². The molecule has 0 amide bonds. The second-order valence-corrected chi connectivity index (χ2v) is 3.97. The molecule has 0 fully saturated rings. The van der Waals surface area contributed by atoms with Crippen molar-refractivity contribution < 1.29 is 40.3 Å². The number of quaternary nitrogens is 1. The van der Waals surface area contributed by atoms with Crippen molar-refractivity contribution in [2.75, 3.05) is 40.4 Å². The van der Waals surface area contributed by atoms with Crippen LogP contribution in [0.2, 0.25) is 0 Å². The molecule has 0 aliphatic carbocycles. The van der Waals surface area contributed by atoms with Crippen LogP contribution in [0, 0.1) is 0 Å². The molecule has 0 N–H and O–H groups in total. The van der Waals surface area contributed by atoms with E-state index in [9.17, 15) is 26.3 Å². The molecule has 0 heterocycles. The number of ether oxygens (including phenoxy) is 2. The smallest absolute Gasteiger partial charge is 0.325 e. The Bertz CT molecular complexity index is 203. The predicted molar refractivity (Wildman–Crippen MR) is 45.9 cm³/mol. The lowest BCUT2D eigenvalue weighted by atomic mass is 10.4. The maximum absolute atomic E-state index is 11.6. The minimum atomic E-state index is -4.72. The Morgan fingerprint density at radius 2 is 1.06 bits per heavy atom. The monoisotopic (exact) mass is 270 g/mol. The third-order valence-electron chi connectivity index (χ3n) is 1.92. The minimum absolute atomic E-state index is 0.0633. The van der Waals surface area contributed by atoms with Crippen LogP contribution < -0.4 is 0 Å². The minimum Gasteiger partial charge on any atom is -0.325 e. The lowest BCUT2D eigenvalue weighted by molar-refractivity contribution is -0.892. The van der Waals surface area contributed by atoms with E-state index < -0.39 is 25.9 Å². The molecule has 0 radical (unpaired) electrons. The van der Waals surface area contributed by atoms with Crippen molar-refractivity contribution >= 4 is 0 Å². The van der Waals surface area contributed by atoms with Crippen LogP contribution in [0.3, 0.4) is 0 Å². The number of hydrogen-bond donors (Lipinski definition) is 0.